The number of likely N-dealkylation sites (tertiary alicyclic amines) is 1. The Morgan fingerprint density at radius 2 is 2.00 bits per heavy atom. The average molecular weight is 373 g/mol. The van der Waals surface area contributed by atoms with Gasteiger partial charge in [0.15, 0.2) is 11.5 Å². The van der Waals surface area contributed by atoms with Crippen LogP contribution < -0.4 is 20.1 Å². The summed E-state index contributed by atoms with van der Waals surface area (Å²) >= 11 is 0. The normalized spacial score (nSPS) is 19.6. The Balaban J connectivity index is 1.61. The quantitative estimate of drug-likeness (QED) is 0.717. The largest absolute Gasteiger partial charge is 0.490 e. The molecular weight excluding hydrogens is 342 g/mol. The highest BCUT2D eigenvalue weighted by atomic mass is 16.5. The molecule has 1 aromatic carbocycles. The predicted octanol–water partition coefficient (Wildman–Crippen LogP) is 2.09. The summed E-state index contributed by atoms with van der Waals surface area (Å²) in [7, 11) is 0. The Bertz CT molecular complexity index is 681. The van der Waals surface area contributed by atoms with Crippen LogP contribution in [0, 0.1) is 0 Å². The number of nitrogens with zero attached hydrogens (tertiary/aromatic N) is 1. The number of amides is 1. The van der Waals surface area contributed by atoms with Gasteiger partial charge in [-0.25, -0.2) is 0 Å². The average Bonchev–Trinajstić information content (AvgIpc) is 2.66. The summed E-state index contributed by atoms with van der Waals surface area (Å²) in [5.74, 6) is 1.69. The molecule has 0 bridgehead atoms. The van der Waals surface area contributed by atoms with Gasteiger partial charge in [0, 0.05) is 32.7 Å². The number of hydrogen-bond donors (Lipinski definition) is 2. The molecular formula is C21H31N3O3. The Morgan fingerprint density at radius 1 is 1.22 bits per heavy atom. The molecule has 0 radical (unpaired) electrons. The molecule has 6 nitrogen and oxygen atoms in total. The minimum atomic E-state index is -0.370. The molecule has 0 atom stereocenters. The lowest BCUT2D eigenvalue weighted by molar-refractivity contribution is -0.131. The zero-order valence-corrected chi connectivity index (χ0v) is 16.5. The highest BCUT2D eigenvalue weighted by molar-refractivity contribution is 5.87. The topological polar surface area (TPSA) is 62.8 Å². The molecule has 0 unspecified atom stereocenters. The van der Waals surface area contributed by atoms with E-state index in [-0.39, 0.29) is 11.4 Å². The van der Waals surface area contributed by atoms with Gasteiger partial charge in [0.25, 0.3) is 0 Å². The molecule has 2 N–H and O–H groups in total. The highest BCUT2D eigenvalue weighted by Crippen LogP contribution is 2.30. The van der Waals surface area contributed by atoms with E-state index >= 15 is 0 Å². The number of carbonyl (C=O) groups is 1. The van der Waals surface area contributed by atoms with E-state index in [1.165, 1.54) is 5.56 Å². The molecule has 0 aromatic heterocycles. The summed E-state index contributed by atoms with van der Waals surface area (Å²) in [5.41, 5.74) is 1.80. The Labute approximate surface area is 161 Å². The zero-order chi connectivity index (χ0) is 19.3. The van der Waals surface area contributed by atoms with Crippen molar-refractivity contribution in [3.8, 4) is 11.5 Å². The Hall–Kier alpha value is -2.05. The number of piperidine rings is 1. The van der Waals surface area contributed by atoms with Crippen LogP contribution in [0.5, 0.6) is 11.5 Å². The summed E-state index contributed by atoms with van der Waals surface area (Å²) in [6.45, 7) is 13.1. The van der Waals surface area contributed by atoms with Crippen LogP contribution in [-0.2, 0) is 11.3 Å². The Morgan fingerprint density at radius 3 is 2.67 bits per heavy atom. The third-order valence-electron chi connectivity index (χ3n) is 5.21. The van der Waals surface area contributed by atoms with Crippen LogP contribution in [0.15, 0.2) is 30.4 Å². The van der Waals surface area contributed by atoms with E-state index in [0.29, 0.717) is 13.2 Å². The van der Waals surface area contributed by atoms with E-state index in [1.54, 1.807) is 0 Å². The Kier molecular flexibility index (Phi) is 6.39. The van der Waals surface area contributed by atoms with Crippen molar-refractivity contribution in [1.82, 2.24) is 15.5 Å². The van der Waals surface area contributed by atoms with Gasteiger partial charge in [0.2, 0.25) is 5.91 Å². The van der Waals surface area contributed by atoms with E-state index in [9.17, 15) is 4.79 Å². The number of ether oxygens (including phenoxy) is 2. The number of rotatable bonds is 7. The van der Waals surface area contributed by atoms with Crippen molar-refractivity contribution in [3.05, 3.63) is 35.9 Å². The second-order valence-corrected chi connectivity index (χ2v) is 7.50. The summed E-state index contributed by atoms with van der Waals surface area (Å²) in [5, 5.41) is 6.44. The van der Waals surface area contributed by atoms with E-state index < -0.39 is 0 Å². The summed E-state index contributed by atoms with van der Waals surface area (Å²) in [6.07, 6.45) is 1.69. The fourth-order valence-electron chi connectivity index (χ4n) is 3.72. The standard InChI is InChI=1S/C21H31N3O3/c1-4-26-19-13-17(5-6-18(19)27-15-16(2)3)14-24-11-7-21(8-12-24)20(25)22-9-10-23-21/h5-6,13,23H,2,4,7-12,14-15H2,1,3H3,(H,22,25). The van der Waals surface area contributed by atoms with Crippen molar-refractivity contribution in [2.24, 2.45) is 0 Å². The molecule has 1 amide bonds. The van der Waals surface area contributed by atoms with E-state index in [2.05, 4.69) is 34.2 Å². The van der Waals surface area contributed by atoms with Crippen molar-refractivity contribution >= 4 is 5.91 Å². The van der Waals surface area contributed by atoms with Crippen LogP contribution in [0.25, 0.3) is 0 Å². The summed E-state index contributed by atoms with van der Waals surface area (Å²) < 4.78 is 11.6. The number of hydrogen-bond acceptors (Lipinski definition) is 5. The molecule has 1 aromatic rings. The van der Waals surface area contributed by atoms with Gasteiger partial charge in [0.05, 0.1) is 6.61 Å². The van der Waals surface area contributed by atoms with Crippen LogP contribution in [0.3, 0.4) is 0 Å². The lowest BCUT2D eigenvalue weighted by Gasteiger charge is -2.43. The second-order valence-electron chi connectivity index (χ2n) is 7.50. The number of piperazine rings is 1. The van der Waals surface area contributed by atoms with E-state index in [1.807, 2.05) is 19.9 Å². The summed E-state index contributed by atoms with van der Waals surface area (Å²) in [4.78, 5) is 14.7. The van der Waals surface area contributed by atoms with Gasteiger partial charge in [-0.15, -0.1) is 0 Å². The number of benzene rings is 1. The third kappa shape index (κ3) is 4.82. The maximum Gasteiger partial charge on any atom is 0.240 e. The van der Waals surface area contributed by atoms with Crippen molar-refractivity contribution in [2.75, 3.05) is 39.4 Å². The van der Waals surface area contributed by atoms with Gasteiger partial charge in [0.1, 0.15) is 12.1 Å². The number of nitrogens with one attached hydrogen (secondary N) is 2. The molecule has 2 fully saturated rings. The lowest BCUT2D eigenvalue weighted by Crippen LogP contribution is -2.66. The minimum Gasteiger partial charge on any atom is -0.490 e. The van der Waals surface area contributed by atoms with Crippen LogP contribution in [-0.4, -0.2) is 55.7 Å². The van der Waals surface area contributed by atoms with E-state index in [0.717, 1.165) is 62.6 Å². The highest BCUT2D eigenvalue weighted by Gasteiger charge is 2.42. The fourth-order valence-corrected chi connectivity index (χ4v) is 3.72. The van der Waals surface area contributed by atoms with Crippen molar-refractivity contribution in [1.29, 1.82) is 0 Å². The molecule has 6 heteroatoms. The second kappa shape index (κ2) is 8.76. The SMILES string of the molecule is C=C(C)COc1ccc(CN2CCC3(CC2)NCCNC3=O)cc1OCC. The van der Waals surface area contributed by atoms with Crippen LogP contribution in [0.4, 0.5) is 0 Å². The molecule has 0 aliphatic carbocycles. The van der Waals surface area contributed by atoms with Crippen molar-refractivity contribution < 1.29 is 14.3 Å². The first kappa shape index (κ1) is 19.7. The van der Waals surface area contributed by atoms with Gasteiger partial charge < -0.3 is 20.1 Å². The molecule has 2 saturated heterocycles. The smallest absolute Gasteiger partial charge is 0.240 e. The molecule has 27 heavy (non-hydrogen) atoms. The maximum absolute atomic E-state index is 12.3. The molecule has 0 saturated carbocycles. The molecule has 1 spiro atoms. The first-order valence-corrected chi connectivity index (χ1v) is 9.81. The zero-order valence-electron chi connectivity index (χ0n) is 16.5. The maximum atomic E-state index is 12.3. The molecule has 148 valence electrons. The van der Waals surface area contributed by atoms with Gasteiger partial charge in [-0.3, -0.25) is 9.69 Å². The van der Waals surface area contributed by atoms with Crippen LogP contribution >= 0.6 is 0 Å². The van der Waals surface area contributed by atoms with Crippen molar-refractivity contribution in [2.45, 2.75) is 38.8 Å². The first-order valence-electron chi connectivity index (χ1n) is 9.81. The molecule has 2 aliphatic heterocycles. The van der Waals surface area contributed by atoms with Gasteiger partial charge in [-0.2, -0.15) is 0 Å². The lowest BCUT2D eigenvalue weighted by atomic mass is 9.85. The van der Waals surface area contributed by atoms with Crippen molar-refractivity contribution in [3.63, 3.8) is 0 Å². The summed E-state index contributed by atoms with van der Waals surface area (Å²) in [6, 6.07) is 6.13. The fraction of sp³-hybridized carbons (Fsp3) is 0.571. The van der Waals surface area contributed by atoms with Gasteiger partial charge in [-0.05, 0) is 50.0 Å². The van der Waals surface area contributed by atoms with E-state index in [4.69, 9.17) is 9.47 Å². The third-order valence-corrected chi connectivity index (χ3v) is 5.21. The predicted molar refractivity (Wildman–Crippen MR) is 106 cm³/mol. The van der Waals surface area contributed by atoms with Crippen LogP contribution in [0.1, 0.15) is 32.3 Å². The number of carbonyl (C=O) groups excluding carboxylic acids is 1. The first-order chi connectivity index (χ1) is 13.0. The minimum absolute atomic E-state index is 0.158. The molecule has 3 rings (SSSR count). The molecule has 2 aliphatic rings. The monoisotopic (exact) mass is 373 g/mol. The van der Waals surface area contributed by atoms with Crippen LogP contribution in [0.2, 0.25) is 0 Å². The van der Waals surface area contributed by atoms with Gasteiger partial charge in [-0.1, -0.05) is 12.6 Å². The molecule has 2 heterocycles. The van der Waals surface area contributed by atoms with Gasteiger partial charge >= 0.3 is 0 Å².